The van der Waals surface area contributed by atoms with Crippen molar-refractivity contribution in [3.05, 3.63) is 30.9 Å². The second-order valence-corrected chi connectivity index (χ2v) is 3.24. The fourth-order valence-electron chi connectivity index (χ4n) is 1.38. The SMILES string of the molecule is C=CC(CO)Nc1ccc2c(c1)OCO2. The highest BCUT2D eigenvalue weighted by Gasteiger charge is 2.13. The monoisotopic (exact) mass is 207 g/mol. The summed E-state index contributed by atoms with van der Waals surface area (Å²) in [6.45, 7) is 3.90. The Bertz CT molecular complexity index is 365. The second kappa shape index (κ2) is 4.23. The first-order valence-electron chi connectivity index (χ1n) is 4.73. The van der Waals surface area contributed by atoms with E-state index in [1.165, 1.54) is 0 Å². The van der Waals surface area contributed by atoms with Gasteiger partial charge in [-0.25, -0.2) is 0 Å². The Kier molecular flexibility index (Phi) is 2.78. The Labute approximate surface area is 88.1 Å². The fourth-order valence-corrected chi connectivity index (χ4v) is 1.38. The van der Waals surface area contributed by atoms with E-state index in [4.69, 9.17) is 14.6 Å². The Hall–Kier alpha value is -1.68. The summed E-state index contributed by atoms with van der Waals surface area (Å²) in [7, 11) is 0. The van der Waals surface area contributed by atoms with Crippen LogP contribution in [0.2, 0.25) is 0 Å². The molecule has 2 rings (SSSR count). The van der Waals surface area contributed by atoms with Gasteiger partial charge >= 0.3 is 0 Å². The molecule has 0 radical (unpaired) electrons. The van der Waals surface area contributed by atoms with E-state index in [0.717, 1.165) is 17.2 Å². The van der Waals surface area contributed by atoms with E-state index in [9.17, 15) is 0 Å². The highest BCUT2D eigenvalue weighted by molar-refractivity contribution is 5.56. The minimum atomic E-state index is -0.148. The van der Waals surface area contributed by atoms with Crippen molar-refractivity contribution in [1.29, 1.82) is 0 Å². The van der Waals surface area contributed by atoms with Crippen molar-refractivity contribution in [2.24, 2.45) is 0 Å². The number of benzene rings is 1. The Balaban J connectivity index is 2.12. The van der Waals surface area contributed by atoms with Crippen LogP contribution in [0.3, 0.4) is 0 Å². The predicted octanol–water partition coefficient (Wildman–Crippen LogP) is 1.37. The number of hydrogen-bond acceptors (Lipinski definition) is 4. The van der Waals surface area contributed by atoms with Gasteiger partial charge in [0.1, 0.15) is 0 Å². The zero-order valence-electron chi connectivity index (χ0n) is 8.27. The van der Waals surface area contributed by atoms with Crippen LogP contribution >= 0.6 is 0 Å². The van der Waals surface area contributed by atoms with Gasteiger partial charge in [-0.3, -0.25) is 0 Å². The lowest BCUT2D eigenvalue weighted by molar-refractivity contribution is 0.174. The minimum Gasteiger partial charge on any atom is -0.454 e. The number of aliphatic hydroxyl groups excluding tert-OH is 1. The van der Waals surface area contributed by atoms with Crippen molar-refractivity contribution in [2.45, 2.75) is 6.04 Å². The van der Waals surface area contributed by atoms with Gasteiger partial charge in [-0.1, -0.05) is 6.08 Å². The molecule has 4 heteroatoms. The second-order valence-electron chi connectivity index (χ2n) is 3.24. The lowest BCUT2D eigenvalue weighted by Gasteiger charge is -2.13. The number of ether oxygens (including phenoxy) is 2. The zero-order chi connectivity index (χ0) is 10.7. The number of nitrogens with one attached hydrogen (secondary N) is 1. The normalized spacial score (nSPS) is 14.7. The molecule has 0 bridgehead atoms. The van der Waals surface area contributed by atoms with Crippen LogP contribution in [0.1, 0.15) is 0 Å². The fraction of sp³-hybridized carbons (Fsp3) is 0.273. The first kappa shape index (κ1) is 9.86. The van der Waals surface area contributed by atoms with Crippen molar-refractivity contribution < 1.29 is 14.6 Å². The largest absolute Gasteiger partial charge is 0.454 e. The summed E-state index contributed by atoms with van der Waals surface area (Å²) in [5, 5.41) is 12.1. The maximum atomic E-state index is 8.99. The standard InChI is InChI=1S/C11H13NO3/c1-2-8(6-13)12-9-3-4-10-11(5-9)15-7-14-10/h2-5,8,12-13H,1,6-7H2. The highest BCUT2D eigenvalue weighted by atomic mass is 16.7. The number of rotatable bonds is 4. The van der Waals surface area contributed by atoms with Gasteiger partial charge in [0.2, 0.25) is 6.79 Å². The first-order valence-corrected chi connectivity index (χ1v) is 4.73. The molecule has 1 aromatic carbocycles. The van der Waals surface area contributed by atoms with E-state index in [1.54, 1.807) is 6.08 Å². The summed E-state index contributed by atoms with van der Waals surface area (Å²) < 4.78 is 10.4. The first-order chi connectivity index (χ1) is 7.33. The van der Waals surface area contributed by atoms with E-state index in [0.29, 0.717) is 0 Å². The van der Waals surface area contributed by atoms with Gasteiger partial charge < -0.3 is 19.9 Å². The molecule has 0 spiro atoms. The minimum absolute atomic E-state index is 0.0118. The van der Waals surface area contributed by atoms with Crippen LogP contribution in [-0.4, -0.2) is 24.5 Å². The van der Waals surface area contributed by atoms with Gasteiger partial charge in [-0.05, 0) is 12.1 Å². The summed E-state index contributed by atoms with van der Waals surface area (Å²) in [6, 6.07) is 5.40. The average Bonchev–Trinajstić information content (AvgIpc) is 2.73. The van der Waals surface area contributed by atoms with E-state index < -0.39 is 0 Å². The molecule has 1 heterocycles. The summed E-state index contributed by atoms with van der Waals surface area (Å²) in [6.07, 6.45) is 1.66. The molecule has 1 atom stereocenters. The van der Waals surface area contributed by atoms with Gasteiger partial charge in [0.15, 0.2) is 11.5 Å². The summed E-state index contributed by atoms with van der Waals surface area (Å²) in [4.78, 5) is 0. The molecule has 80 valence electrons. The number of anilines is 1. The van der Waals surface area contributed by atoms with Crippen LogP contribution in [0.15, 0.2) is 30.9 Å². The molecule has 1 aromatic rings. The van der Waals surface area contributed by atoms with Gasteiger partial charge in [-0.15, -0.1) is 6.58 Å². The molecule has 0 aliphatic carbocycles. The van der Waals surface area contributed by atoms with Crippen LogP contribution in [0.4, 0.5) is 5.69 Å². The van der Waals surface area contributed by atoms with Crippen LogP contribution < -0.4 is 14.8 Å². The topological polar surface area (TPSA) is 50.7 Å². The lowest BCUT2D eigenvalue weighted by Crippen LogP contribution is -2.20. The number of fused-ring (bicyclic) bond motifs is 1. The molecule has 4 nitrogen and oxygen atoms in total. The Morgan fingerprint density at radius 1 is 1.47 bits per heavy atom. The smallest absolute Gasteiger partial charge is 0.231 e. The van der Waals surface area contributed by atoms with Crippen molar-refractivity contribution in [3.63, 3.8) is 0 Å². The van der Waals surface area contributed by atoms with Crippen molar-refractivity contribution in [2.75, 3.05) is 18.7 Å². The van der Waals surface area contributed by atoms with Crippen LogP contribution in [-0.2, 0) is 0 Å². The Morgan fingerprint density at radius 2 is 2.27 bits per heavy atom. The maximum Gasteiger partial charge on any atom is 0.231 e. The molecular weight excluding hydrogens is 194 g/mol. The molecule has 1 unspecified atom stereocenters. The van der Waals surface area contributed by atoms with Gasteiger partial charge in [0, 0.05) is 11.8 Å². The zero-order valence-corrected chi connectivity index (χ0v) is 8.27. The number of hydrogen-bond donors (Lipinski definition) is 2. The third-order valence-corrected chi connectivity index (χ3v) is 2.21. The van der Waals surface area contributed by atoms with Crippen molar-refractivity contribution in [1.82, 2.24) is 0 Å². The van der Waals surface area contributed by atoms with Crippen LogP contribution in [0.5, 0.6) is 11.5 Å². The molecule has 1 aliphatic heterocycles. The third kappa shape index (κ3) is 2.05. The summed E-state index contributed by atoms with van der Waals surface area (Å²) >= 11 is 0. The van der Waals surface area contributed by atoms with Gasteiger partial charge in [0.25, 0.3) is 0 Å². The lowest BCUT2D eigenvalue weighted by atomic mass is 10.2. The predicted molar refractivity (Wildman–Crippen MR) is 57.3 cm³/mol. The molecule has 0 aromatic heterocycles. The highest BCUT2D eigenvalue weighted by Crippen LogP contribution is 2.34. The molecule has 2 N–H and O–H groups in total. The maximum absolute atomic E-state index is 8.99. The van der Waals surface area contributed by atoms with Crippen LogP contribution in [0.25, 0.3) is 0 Å². The Morgan fingerprint density at radius 3 is 3.00 bits per heavy atom. The molecule has 15 heavy (non-hydrogen) atoms. The molecular formula is C11H13NO3. The number of aliphatic hydroxyl groups is 1. The van der Waals surface area contributed by atoms with Crippen LogP contribution in [0, 0.1) is 0 Å². The van der Waals surface area contributed by atoms with E-state index >= 15 is 0 Å². The van der Waals surface area contributed by atoms with Gasteiger partial charge in [0.05, 0.1) is 12.6 Å². The van der Waals surface area contributed by atoms with Crippen molar-refractivity contribution in [3.8, 4) is 11.5 Å². The molecule has 0 saturated heterocycles. The third-order valence-electron chi connectivity index (χ3n) is 2.21. The molecule has 0 amide bonds. The summed E-state index contributed by atoms with van der Waals surface area (Å²) in [5.41, 5.74) is 0.873. The van der Waals surface area contributed by atoms with E-state index in [1.807, 2.05) is 18.2 Å². The van der Waals surface area contributed by atoms with E-state index in [2.05, 4.69) is 11.9 Å². The van der Waals surface area contributed by atoms with E-state index in [-0.39, 0.29) is 19.4 Å². The van der Waals surface area contributed by atoms with Gasteiger partial charge in [-0.2, -0.15) is 0 Å². The molecule has 0 fully saturated rings. The summed E-state index contributed by atoms with van der Waals surface area (Å²) in [5.74, 6) is 1.47. The average molecular weight is 207 g/mol. The molecule has 1 aliphatic rings. The quantitative estimate of drug-likeness (QED) is 0.732. The van der Waals surface area contributed by atoms with Crippen molar-refractivity contribution >= 4 is 5.69 Å². The molecule has 0 saturated carbocycles.